The van der Waals surface area contributed by atoms with Gasteiger partial charge < -0.3 is 14.9 Å². The lowest BCUT2D eigenvalue weighted by atomic mass is 9.94. The number of thioether (sulfide) groups is 1. The van der Waals surface area contributed by atoms with Gasteiger partial charge in [-0.1, -0.05) is 30.3 Å². The van der Waals surface area contributed by atoms with E-state index in [1.54, 1.807) is 6.07 Å². The number of hydrogen-bond donors (Lipinski definition) is 2. The van der Waals surface area contributed by atoms with Gasteiger partial charge in [0, 0.05) is 23.0 Å². The molecule has 0 radical (unpaired) electrons. The molecule has 2 heterocycles. The number of halogens is 1. The van der Waals surface area contributed by atoms with Crippen LogP contribution in [0.3, 0.4) is 0 Å². The molecule has 0 bridgehead atoms. The number of fused-ring (bicyclic) bond motifs is 1. The van der Waals surface area contributed by atoms with E-state index >= 15 is 0 Å². The van der Waals surface area contributed by atoms with E-state index in [1.165, 1.54) is 16.5 Å². The first kappa shape index (κ1) is 18.0. The van der Waals surface area contributed by atoms with Gasteiger partial charge in [-0.15, -0.1) is 11.8 Å². The van der Waals surface area contributed by atoms with Crippen LogP contribution in [0.4, 0.5) is 4.39 Å². The molecular weight excluding hydrogens is 351 g/mol. The maximum Gasteiger partial charge on any atom is 0.126 e. The minimum atomic E-state index is -0.501. The molecule has 0 saturated carbocycles. The molecule has 0 spiro atoms. The molecule has 26 heavy (non-hydrogen) atoms. The number of hydrogen-bond acceptors (Lipinski definition) is 4. The van der Waals surface area contributed by atoms with Crippen LogP contribution < -0.4 is 0 Å². The van der Waals surface area contributed by atoms with Crippen molar-refractivity contribution in [1.82, 2.24) is 0 Å². The van der Waals surface area contributed by atoms with Crippen molar-refractivity contribution in [3.63, 3.8) is 0 Å². The zero-order valence-corrected chi connectivity index (χ0v) is 15.3. The SMILES string of the molecule is OCC1CC(O)CC(c2ccc(F)c(CC3Cc4ccccc4S3)c2)O1. The Morgan fingerprint density at radius 2 is 2.00 bits per heavy atom. The molecule has 2 aromatic rings. The summed E-state index contributed by atoms with van der Waals surface area (Å²) in [5.41, 5.74) is 2.90. The monoisotopic (exact) mass is 374 g/mol. The van der Waals surface area contributed by atoms with Crippen LogP contribution in [0.15, 0.2) is 47.4 Å². The van der Waals surface area contributed by atoms with Crippen LogP contribution in [0, 0.1) is 5.82 Å². The van der Waals surface area contributed by atoms with E-state index in [9.17, 15) is 14.6 Å². The van der Waals surface area contributed by atoms with E-state index in [4.69, 9.17) is 4.74 Å². The second-order valence-corrected chi connectivity index (χ2v) is 8.50. The zero-order valence-electron chi connectivity index (χ0n) is 14.5. The summed E-state index contributed by atoms with van der Waals surface area (Å²) in [4.78, 5) is 1.29. The Balaban J connectivity index is 1.50. The lowest BCUT2D eigenvalue weighted by Gasteiger charge is -2.32. The Kier molecular flexibility index (Phi) is 5.32. The standard InChI is InChI=1S/C21H23FO3S/c22-19-6-5-13(20-11-16(24)10-17(12-23)25-20)7-15(19)9-18-8-14-3-1-2-4-21(14)26-18/h1-7,16-18,20,23-24H,8-12H2. The largest absolute Gasteiger partial charge is 0.394 e. The Hall–Kier alpha value is -1.40. The van der Waals surface area contributed by atoms with Gasteiger partial charge in [0.2, 0.25) is 0 Å². The highest BCUT2D eigenvalue weighted by Crippen LogP contribution is 2.39. The van der Waals surface area contributed by atoms with E-state index in [-0.39, 0.29) is 24.6 Å². The summed E-state index contributed by atoms with van der Waals surface area (Å²) in [5, 5.41) is 19.7. The fourth-order valence-electron chi connectivity index (χ4n) is 3.89. The third-order valence-electron chi connectivity index (χ3n) is 5.18. The molecule has 2 aromatic carbocycles. The molecule has 0 aromatic heterocycles. The fraction of sp³-hybridized carbons (Fsp3) is 0.429. The summed E-state index contributed by atoms with van der Waals surface area (Å²) in [7, 11) is 0. The highest BCUT2D eigenvalue weighted by atomic mass is 32.2. The highest BCUT2D eigenvalue weighted by Gasteiger charge is 2.30. The summed E-state index contributed by atoms with van der Waals surface area (Å²) in [6.45, 7) is -0.113. The predicted molar refractivity (Wildman–Crippen MR) is 99.8 cm³/mol. The first-order chi connectivity index (χ1) is 12.6. The number of rotatable bonds is 4. The molecule has 4 atom stereocenters. The van der Waals surface area contributed by atoms with E-state index in [1.807, 2.05) is 30.0 Å². The summed E-state index contributed by atoms with van der Waals surface area (Å²) in [6, 6.07) is 13.4. The van der Waals surface area contributed by atoms with Gasteiger partial charge in [0.1, 0.15) is 5.82 Å². The summed E-state index contributed by atoms with van der Waals surface area (Å²) in [5.74, 6) is -0.194. The summed E-state index contributed by atoms with van der Waals surface area (Å²) < 4.78 is 20.3. The molecule has 4 unspecified atom stereocenters. The summed E-state index contributed by atoms with van der Waals surface area (Å²) >= 11 is 1.81. The fourth-order valence-corrected chi connectivity index (χ4v) is 5.23. The van der Waals surface area contributed by atoms with Gasteiger partial charge in [0.15, 0.2) is 0 Å². The van der Waals surface area contributed by atoms with Crippen molar-refractivity contribution in [2.75, 3.05) is 6.61 Å². The van der Waals surface area contributed by atoms with Crippen LogP contribution in [0.5, 0.6) is 0 Å². The molecule has 4 rings (SSSR count). The molecule has 5 heteroatoms. The quantitative estimate of drug-likeness (QED) is 0.858. The van der Waals surface area contributed by atoms with Crippen molar-refractivity contribution in [3.8, 4) is 0 Å². The minimum absolute atomic E-state index is 0.113. The van der Waals surface area contributed by atoms with Gasteiger partial charge in [0.25, 0.3) is 0 Å². The number of benzene rings is 2. The average Bonchev–Trinajstić information content (AvgIpc) is 3.05. The third kappa shape index (κ3) is 3.81. The molecule has 138 valence electrons. The van der Waals surface area contributed by atoms with Gasteiger partial charge >= 0.3 is 0 Å². The van der Waals surface area contributed by atoms with Crippen LogP contribution in [0.2, 0.25) is 0 Å². The molecule has 1 fully saturated rings. The van der Waals surface area contributed by atoms with Crippen LogP contribution >= 0.6 is 11.8 Å². The second kappa shape index (κ2) is 7.69. The lowest BCUT2D eigenvalue weighted by Crippen LogP contribution is -2.33. The molecule has 0 amide bonds. The van der Waals surface area contributed by atoms with E-state index < -0.39 is 6.10 Å². The Bertz CT molecular complexity index is 757. The number of aliphatic hydroxyl groups excluding tert-OH is 2. The topological polar surface area (TPSA) is 49.7 Å². The van der Waals surface area contributed by atoms with Crippen molar-refractivity contribution >= 4 is 11.8 Å². The third-order valence-corrected chi connectivity index (χ3v) is 6.50. The zero-order chi connectivity index (χ0) is 18.1. The first-order valence-corrected chi connectivity index (χ1v) is 9.97. The minimum Gasteiger partial charge on any atom is -0.394 e. The van der Waals surface area contributed by atoms with E-state index in [2.05, 4.69) is 12.1 Å². The van der Waals surface area contributed by atoms with Gasteiger partial charge in [-0.3, -0.25) is 0 Å². The van der Waals surface area contributed by atoms with Crippen molar-refractivity contribution in [2.45, 2.75) is 54.1 Å². The molecular formula is C21H23FO3S. The molecule has 1 saturated heterocycles. The van der Waals surface area contributed by atoms with Crippen molar-refractivity contribution < 1.29 is 19.3 Å². The summed E-state index contributed by atoms with van der Waals surface area (Å²) in [6.07, 6.45) is 1.37. The second-order valence-electron chi connectivity index (χ2n) is 7.16. The highest BCUT2D eigenvalue weighted by molar-refractivity contribution is 8.00. The maximum absolute atomic E-state index is 14.4. The first-order valence-electron chi connectivity index (χ1n) is 9.09. The van der Waals surface area contributed by atoms with Crippen molar-refractivity contribution in [3.05, 3.63) is 65.0 Å². The molecule has 2 aliphatic rings. The smallest absolute Gasteiger partial charge is 0.126 e. The van der Waals surface area contributed by atoms with Gasteiger partial charge in [0.05, 0.1) is 24.9 Å². The van der Waals surface area contributed by atoms with Crippen LogP contribution in [0.1, 0.15) is 35.6 Å². The van der Waals surface area contributed by atoms with E-state index in [0.29, 0.717) is 30.1 Å². The van der Waals surface area contributed by atoms with Gasteiger partial charge in [-0.05, 0) is 41.7 Å². The molecule has 0 aliphatic carbocycles. The Morgan fingerprint density at radius 1 is 1.15 bits per heavy atom. The van der Waals surface area contributed by atoms with Crippen molar-refractivity contribution in [1.29, 1.82) is 0 Å². The molecule has 3 nitrogen and oxygen atoms in total. The maximum atomic E-state index is 14.4. The number of aliphatic hydroxyl groups is 2. The van der Waals surface area contributed by atoms with Gasteiger partial charge in [-0.2, -0.15) is 0 Å². The number of ether oxygens (including phenoxy) is 1. The van der Waals surface area contributed by atoms with Crippen molar-refractivity contribution in [2.24, 2.45) is 0 Å². The molecule has 2 N–H and O–H groups in total. The van der Waals surface area contributed by atoms with Gasteiger partial charge in [-0.25, -0.2) is 4.39 Å². The Labute approximate surface area is 157 Å². The van der Waals surface area contributed by atoms with E-state index in [0.717, 1.165) is 12.0 Å². The van der Waals surface area contributed by atoms with Crippen LogP contribution in [0.25, 0.3) is 0 Å². The van der Waals surface area contributed by atoms with Crippen LogP contribution in [-0.4, -0.2) is 34.3 Å². The lowest BCUT2D eigenvalue weighted by molar-refractivity contribution is -0.113. The normalized spacial score (nSPS) is 28.1. The van der Waals surface area contributed by atoms with Crippen LogP contribution in [-0.2, 0) is 17.6 Å². The molecule has 2 aliphatic heterocycles. The predicted octanol–water partition coefficient (Wildman–Crippen LogP) is 3.66. The average molecular weight is 374 g/mol. The Morgan fingerprint density at radius 3 is 2.81 bits per heavy atom.